The van der Waals surface area contributed by atoms with Crippen LogP contribution < -0.4 is 5.32 Å². The van der Waals surface area contributed by atoms with Crippen molar-refractivity contribution in [3.63, 3.8) is 0 Å². The Hall–Kier alpha value is -2.47. The molecule has 2 heterocycles. The fourth-order valence-electron chi connectivity index (χ4n) is 3.08. The highest BCUT2D eigenvalue weighted by molar-refractivity contribution is 6.05. The Morgan fingerprint density at radius 3 is 2.64 bits per heavy atom. The molecule has 1 N–H and O–H groups in total. The van der Waals surface area contributed by atoms with Gasteiger partial charge in [0.15, 0.2) is 0 Å². The van der Waals surface area contributed by atoms with Gasteiger partial charge in [-0.25, -0.2) is 0 Å². The summed E-state index contributed by atoms with van der Waals surface area (Å²) in [4.78, 5) is 33.0. The number of aromatic nitrogens is 1. The zero-order valence-corrected chi connectivity index (χ0v) is 14.6. The van der Waals surface area contributed by atoms with Gasteiger partial charge in [0, 0.05) is 44.3 Å². The Morgan fingerprint density at radius 1 is 1.12 bits per heavy atom. The van der Waals surface area contributed by atoms with Crippen LogP contribution in [0.3, 0.4) is 0 Å². The Labute approximate surface area is 147 Å². The minimum Gasteiger partial charge on any atom is -0.355 e. The van der Waals surface area contributed by atoms with Crippen molar-refractivity contribution >= 4 is 22.7 Å². The summed E-state index contributed by atoms with van der Waals surface area (Å²) >= 11 is 0. The third-order valence-corrected chi connectivity index (χ3v) is 4.46. The zero-order valence-electron chi connectivity index (χ0n) is 14.6. The molecule has 6 heteroatoms. The van der Waals surface area contributed by atoms with E-state index >= 15 is 0 Å². The van der Waals surface area contributed by atoms with E-state index in [2.05, 4.69) is 15.2 Å². The van der Waals surface area contributed by atoms with E-state index in [1.807, 2.05) is 42.2 Å². The average Bonchev–Trinajstić information content (AvgIpc) is 2.66. The van der Waals surface area contributed by atoms with Gasteiger partial charge < -0.3 is 10.2 Å². The van der Waals surface area contributed by atoms with Gasteiger partial charge in [0.2, 0.25) is 5.91 Å². The van der Waals surface area contributed by atoms with Crippen LogP contribution in [-0.2, 0) is 4.79 Å². The maximum atomic E-state index is 12.9. The van der Waals surface area contributed by atoms with Crippen LogP contribution in [0.15, 0.2) is 36.5 Å². The van der Waals surface area contributed by atoms with E-state index in [4.69, 9.17) is 0 Å². The van der Waals surface area contributed by atoms with Gasteiger partial charge in [-0.05, 0) is 18.6 Å². The second kappa shape index (κ2) is 8.07. The number of benzene rings is 1. The first-order chi connectivity index (χ1) is 12.2. The van der Waals surface area contributed by atoms with Crippen molar-refractivity contribution in [2.45, 2.75) is 13.3 Å². The van der Waals surface area contributed by atoms with Crippen molar-refractivity contribution in [3.8, 4) is 0 Å². The third-order valence-electron chi connectivity index (χ3n) is 4.46. The first-order valence-corrected chi connectivity index (χ1v) is 8.81. The molecule has 25 heavy (non-hydrogen) atoms. The van der Waals surface area contributed by atoms with E-state index in [0.29, 0.717) is 44.8 Å². The molecule has 1 fully saturated rings. The van der Waals surface area contributed by atoms with Crippen molar-refractivity contribution in [3.05, 3.63) is 42.1 Å². The molecule has 1 aromatic heterocycles. The minimum absolute atomic E-state index is 0.0133. The zero-order chi connectivity index (χ0) is 17.6. The molecule has 1 saturated heterocycles. The van der Waals surface area contributed by atoms with Crippen LogP contribution in [0.1, 0.15) is 23.7 Å². The van der Waals surface area contributed by atoms with E-state index in [0.717, 1.165) is 17.3 Å². The lowest BCUT2D eigenvalue weighted by molar-refractivity contribution is -0.122. The highest BCUT2D eigenvalue weighted by Crippen LogP contribution is 2.18. The summed E-state index contributed by atoms with van der Waals surface area (Å²) in [5, 5.41) is 3.86. The van der Waals surface area contributed by atoms with E-state index in [-0.39, 0.29) is 11.8 Å². The number of carbonyl (C=O) groups is 2. The van der Waals surface area contributed by atoms with E-state index in [1.54, 1.807) is 6.20 Å². The SMILES string of the molecule is CCCNC(=O)CN1CCN(C(=O)c2cccc3cccnc23)CC1. The maximum Gasteiger partial charge on any atom is 0.256 e. The van der Waals surface area contributed by atoms with E-state index in [1.165, 1.54) is 0 Å². The summed E-state index contributed by atoms with van der Waals surface area (Å²) in [6, 6.07) is 9.53. The van der Waals surface area contributed by atoms with E-state index in [9.17, 15) is 9.59 Å². The van der Waals surface area contributed by atoms with Gasteiger partial charge in [-0.3, -0.25) is 19.5 Å². The molecule has 0 bridgehead atoms. The fraction of sp³-hybridized carbons (Fsp3) is 0.421. The molecule has 2 aromatic rings. The van der Waals surface area contributed by atoms with Crippen molar-refractivity contribution in [1.29, 1.82) is 0 Å². The predicted octanol–water partition coefficient (Wildman–Crippen LogP) is 1.52. The molecule has 1 aliphatic rings. The van der Waals surface area contributed by atoms with Gasteiger partial charge in [0.25, 0.3) is 5.91 Å². The number of para-hydroxylation sites is 1. The van der Waals surface area contributed by atoms with Crippen LogP contribution in [0, 0.1) is 0 Å². The molecule has 0 radical (unpaired) electrons. The second-order valence-electron chi connectivity index (χ2n) is 6.30. The predicted molar refractivity (Wildman–Crippen MR) is 97.4 cm³/mol. The second-order valence-corrected chi connectivity index (χ2v) is 6.30. The van der Waals surface area contributed by atoms with Crippen LogP contribution in [-0.4, -0.2) is 65.9 Å². The lowest BCUT2D eigenvalue weighted by Crippen LogP contribution is -2.51. The number of nitrogens with zero attached hydrogens (tertiary/aromatic N) is 3. The van der Waals surface area contributed by atoms with Crippen LogP contribution in [0.25, 0.3) is 10.9 Å². The summed E-state index contributed by atoms with van der Waals surface area (Å²) < 4.78 is 0. The summed E-state index contributed by atoms with van der Waals surface area (Å²) in [6.07, 6.45) is 2.65. The van der Waals surface area contributed by atoms with Gasteiger partial charge in [0.05, 0.1) is 17.6 Å². The normalized spacial score (nSPS) is 15.3. The molecule has 0 atom stereocenters. The van der Waals surface area contributed by atoms with Crippen LogP contribution in [0.4, 0.5) is 0 Å². The molecular formula is C19H24N4O2. The summed E-state index contributed by atoms with van der Waals surface area (Å²) in [5.74, 6) is 0.0688. The number of rotatable bonds is 5. The number of piperazine rings is 1. The standard InChI is InChI=1S/C19H24N4O2/c1-2-8-20-17(24)14-22-10-12-23(13-11-22)19(25)16-7-3-5-15-6-4-9-21-18(15)16/h3-7,9H,2,8,10-14H2,1H3,(H,20,24). The molecule has 2 amide bonds. The van der Waals surface area contributed by atoms with Crippen molar-refractivity contribution in [2.75, 3.05) is 39.3 Å². The highest BCUT2D eigenvalue weighted by Gasteiger charge is 2.24. The Kier molecular flexibility index (Phi) is 5.60. The lowest BCUT2D eigenvalue weighted by atomic mass is 10.1. The molecular weight excluding hydrogens is 316 g/mol. The van der Waals surface area contributed by atoms with Gasteiger partial charge in [-0.1, -0.05) is 25.1 Å². The minimum atomic E-state index is 0.0133. The molecule has 132 valence electrons. The number of nitrogens with one attached hydrogen (secondary N) is 1. The average molecular weight is 340 g/mol. The molecule has 0 saturated carbocycles. The molecule has 0 aliphatic carbocycles. The number of hydrogen-bond acceptors (Lipinski definition) is 4. The topological polar surface area (TPSA) is 65.5 Å². The summed E-state index contributed by atoms with van der Waals surface area (Å²) in [6.45, 7) is 5.83. The fourth-order valence-corrected chi connectivity index (χ4v) is 3.08. The van der Waals surface area contributed by atoms with Crippen molar-refractivity contribution in [1.82, 2.24) is 20.1 Å². The molecule has 0 spiro atoms. The number of carbonyl (C=O) groups excluding carboxylic acids is 2. The summed E-state index contributed by atoms with van der Waals surface area (Å²) in [7, 11) is 0. The molecule has 1 aliphatic heterocycles. The molecule has 3 rings (SSSR count). The molecule has 1 aromatic carbocycles. The van der Waals surface area contributed by atoms with Crippen LogP contribution >= 0.6 is 0 Å². The third kappa shape index (κ3) is 4.14. The quantitative estimate of drug-likeness (QED) is 0.896. The smallest absolute Gasteiger partial charge is 0.256 e. The van der Waals surface area contributed by atoms with Crippen LogP contribution in [0.5, 0.6) is 0 Å². The Balaban J connectivity index is 1.61. The van der Waals surface area contributed by atoms with Crippen LogP contribution in [0.2, 0.25) is 0 Å². The van der Waals surface area contributed by atoms with Gasteiger partial charge in [-0.15, -0.1) is 0 Å². The number of amides is 2. The van der Waals surface area contributed by atoms with E-state index < -0.39 is 0 Å². The largest absolute Gasteiger partial charge is 0.355 e. The first-order valence-electron chi connectivity index (χ1n) is 8.81. The Bertz CT molecular complexity index is 749. The van der Waals surface area contributed by atoms with Crippen molar-refractivity contribution < 1.29 is 9.59 Å². The maximum absolute atomic E-state index is 12.9. The number of fused-ring (bicyclic) bond motifs is 1. The lowest BCUT2D eigenvalue weighted by Gasteiger charge is -2.34. The monoisotopic (exact) mass is 340 g/mol. The first kappa shape index (κ1) is 17.4. The summed E-state index contributed by atoms with van der Waals surface area (Å²) in [5.41, 5.74) is 1.39. The highest BCUT2D eigenvalue weighted by atomic mass is 16.2. The number of hydrogen-bond donors (Lipinski definition) is 1. The Morgan fingerprint density at radius 2 is 1.88 bits per heavy atom. The van der Waals surface area contributed by atoms with Crippen molar-refractivity contribution in [2.24, 2.45) is 0 Å². The van der Waals surface area contributed by atoms with Gasteiger partial charge >= 0.3 is 0 Å². The van der Waals surface area contributed by atoms with Gasteiger partial charge in [0.1, 0.15) is 0 Å². The van der Waals surface area contributed by atoms with Gasteiger partial charge in [-0.2, -0.15) is 0 Å². The molecule has 0 unspecified atom stereocenters. The number of pyridine rings is 1. The molecule has 6 nitrogen and oxygen atoms in total.